The molecule has 3 rings (SSSR count). The SMILES string of the molecule is CC1=[N+](CCc2cccs2)c2ccc(S(=O)(=O)O)cc2C1(C)C. The zero-order chi connectivity index (χ0) is 16.8. The quantitative estimate of drug-likeness (QED) is 0.677. The minimum atomic E-state index is -4.18. The van der Waals surface area contributed by atoms with Crippen LogP contribution in [0.25, 0.3) is 0 Å². The van der Waals surface area contributed by atoms with Gasteiger partial charge in [0.15, 0.2) is 12.3 Å². The molecule has 1 N–H and O–H groups in total. The minimum Gasteiger partial charge on any atom is -0.282 e. The van der Waals surface area contributed by atoms with E-state index in [1.165, 1.54) is 16.7 Å². The van der Waals surface area contributed by atoms with Gasteiger partial charge in [-0.25, -0.2) is 0 Å². The number of hydrogen-bond acceptors (Lipinski definition) is 3. The summed E-state index contributed by atoms with van der Waals surface area (Å²) >= 11 is 1.75. The number of hydrogen-bond donors (Lipinski definition) is 1. The standard InChI is InChI=1S/C17H19NO3S2/c1-12-17(2,3)15-11-14(23(19,20)21)6-7-16(15)18(12)9-8-13-5-4-10-22-13/h4-7,10-11H,8-9H2,1-3H3/p+1. The summed E-state index contributed by atoms with van der Waals surface area (Å²) in [6.07, 6.45) is 0.949. The van der Waals surface area contributed by atoms with Crippen molar-refractivity contribution in [3.05, 3.63) is 46.2 Å². The molecule has 0 saturated heterocycles. The highest BCUT2D eigenvalue weighted by Gasteiger charge is 2.43. The highest BCUT2D eigenvalue weighted by molar-refractivity contribution is 7.85. The fourth-order valence-electron chi connectivity index (χ4n) is 3.09. The van der Waals surface area contributed by atoms with Gasteiger partial charge in [-0.2, -0.15) is 13.0 Å². The molecule has 0 bridgehead atoms. The molecule has 6 heteroatoms. The van der Waals surface area contributed by atoms with Gasteiger partial charge in [-0.15, -0.1) is 11.3 Å². The average molecular weight is 350 g/mol. The summed E-state index contributed by atoms with van der Waals surface area (Å²) < 4.78 is 34.4. The Hall–Kier alpha value is -1.50. The van der Waals surface area contributed by atoms with E-state index in [0.717, 1.165) is 24.2 Å². The second-order valence-corrected chi connectivity index (χ2v) is 8.80. The van der Waals surface area contributed by atoms with Gasteiger partial charge in [0.2, 0.25) is 5.69 Å². The lowest BCUT2D eigenvalue weighted by molar-refractivity contribution is -0.438. The zero-order valence-electron chi connectivity index (χ0n) is 13.4. The van der Waals surface area contributed by atoms with Crippen LogP contribution in [0.4, 0.5) is 5.69 Å². The summed E-state index contributed by atoms with van der Waals surface area (Å²) in [7, 11) is -4.18. The van der Waals surface area contributed by atoms with Crippen LogP contribution in [0.15, 0.2) is 40.6 Å². The number of fused-ring (bicyclic) bond motifs is 1. The molecule has 23 heavy (non-hydrogen) atoms. The van der Waals surface area contributed by atoms with Crippen molar-refractivity contribution in [2.24, 2.45) is 0 Å². The van der Waals surface area contributed by atoms with Gasteiger partial charge in [0.1, 0.15) is 0 Å². The monoisotopic (exact) mass is 350 g/mol. The minimum absolute atomic E-state index is 0.0442. The molecule has 2 aromatic rings. The molecule has 0 atom stereocenters. The Bertz CT molecular complexity index is 879. The molecule has 122 valence electrons. The van der Waals surface area contributed by atoms with E-state index in [1.807, 2.05) is 0 Å². The second-order valence-electron chi connectivity index (χ2n) is 6.35. The van der Waals surface area contributed by atoms with Gasteiger partial charge in [0.25, 0.3) is 10.1 Å². The zero-order valence-corrected chi connectivity index (χ0v) is 15.0. The van der Waals surface area contributed by atoms with E-state index < -0.39 is 10.1 Å². The number of benzene rings is 1. The van der Waals surface area contributed by atoms with E-state index >= 15 is 0 Å². The second kappa shape index (κ2) is 5.54. The van der Waals surface area contributed by atoms with E-state index in [1.54, 1.807) is 23.5 Å². The summed E-state index contributed by atoms with van der Waals surface area (Å²) in [6.45, 7) is 7.11. The van der Waals surface area contributed by atoms with Crippen LogP contribution < -0.4 is 0 Å². The number of rotatable bonds is 4. The topological polar surface area (TPSA) is 57.4 Å². The lowest BCUT2D eigenvalue weighted by Crippen LogP contribution is -2.27. The highest BCUT2D eigenvalue weighted by Crippen LogP contribution is 2.40. The average Bonchev–Trinajstić information content (AvgIpc) is 3.04. The molecule has 0 fully saturated rings. The van der Waals surface area contributed by atoms with Crippen LogP contribution in [0, 0.1) is 0 Å². The Labute approximate surface area is 140 Å². The molecule has 4 nitrogen and oxygen atoms in total. The molecule has 0 aliphatic carbocycles. The first-order chi connectivity index (χ1) is 10.7. The van der Waals surface area contributed by atoms with Crippen LogP contribution in [0.1, 0.15) is 31.2 Å². The van der Waals surface area contributed by atoms with Crippen molar-refractivity contribution in [3.63, 3.8) is 0 Å². The van der Waals surface area contributed by atoms with Gasteiger partial charge >= 0.3 is 0 Å². The molecule has 1 aliphatic rings. The van der Waals surface area contributed by atoms with E-state index in [-0.39, 0.29) is 10.3 Å². The van der Waals surface area contributed by atoms with Crippen molar-refractivity contribution in [3.8, 4) is 0 Å². The fourth-order valence-corrected chi connectivity index (χ4v) is 4.29. The molecule has 0 unspecified atom stereocenters. The number of thiophene rings is 1. The van der Waals surface area contributed by atoms with E-state index in [4.69, 9.17) is 0 Å². The van der Waals surface area contributed by atoms with Crippen LogP contribution in [-0.2, 0) is 22.0 Å². The first-order valence-electron chi connectivity index (χ1n) is 7.47. The smallest absolute Gasteiger partial charge is 0.282 e. The molecule has 1 aliphatic heterocycles. The van der Waals surface area contributed by atoms with Gasteiger partial charge in [0.05, 0.1) is 10.3 Å². The largest absolute Gasteiger partial charge is 0.294 e. The molecule has 0 saturated carbocycles. The Balaban J connectivity index is 2.01. The highest BCUT2D eigenvalue weighted by atomic mass is 32.2. The summed E-state index contributed by atoms with van der Waals surface area (Å²) in [6, 6.07) is 9.05. The predicted molar refractivity (Wildman–Crippen MR) is 92.8 cm³/mol. The third-order valence-electron chi connectivity index (χ3n) is 4.70. The Morgan fingerprint density at radius 3 is 2.61 bits per heavy atom. The summed E-state index contributed by atoms with van der Waals surface area (Å²) in [4.78, 5) is 1.29. The van der Waals surface area contributed by atoms with Gasteiger partial charge in [-0.1, -0.05) is 6.07 Å². The first-order valence-corrected chi connectivity index (χ1v) is 9.79. The van der Waals surface area contributed by atoms with Gasteiger partial charge in [0, 0.05) is 29.9 Å². The van der Waals surface area contributed by atoms with E-state index in [0.29, 0.717) is 0 Å². The van der Waals surface area contributed by atoms with Crippen LogP contribution in [0.3, 0.4) is 0 Å². The van der Waals surface area contributed by atoms with Crippen molar-refractivity contribution in [1.29, 1.82) is 0 Å². The third-order valence-corrected chi connectivity index (χ3v) is 6.49. The van der Waals surface area contributed by atoms with Crippen LogP contribution in [0.2, 0.25) is 0 Å². The molecular formula is C17H20NO3S2+. The maximum atomic E-state index is 11.4. The maximum absolute atomic E-state index is 11.4. The Kier molecular flexibility index (Phi) is 3.94. The molecule has 1 aromatic carbocycles. The first kappa shape index (κ1) is 16.4. The fraction of sp³-hybridized carbons (Fsp3) is 0.353. The van der Waals surface area contributed by atoms with Crippen LogP contribution in [-0.4, -0.2) is 29.8 Å². The van der Waals surface area contributed by atoms with Crippen molar-refractivity contribution in [2.45, 2.75) is 37.5 Å². The van der Waals surface area contributed by atoms with Crippen LogP contribution >= 0.6 is 11.3 Å². The Morgan fingerprint density at radius 1 is 1.26 bits per heavy atom. The van der Waals surface area contributed by atoms with Crippen molar-refractivity contribution in [1.82, 2.24) is 0 Å². The Morgan fingerprint density at radius 2 is 2.00 bits per heavy atom. The van der Waals surface area contributed by atoms with E-state index in [9.17, 15) is 13.0 Å². The number of nitrogens with zero attached hydrogens (tertiary/aromatic N) is 1. The molecule has 1 aromatic heterocycles. The molecule has 0 amide bonds. The summed E-state index contributed by atoms with van der Waals surface area (Å²) in [5.41, 5.74) is 2.90. The molecule has 0 spiro atoms. The van der Waals surface area contributed by atoms with Gasteiger partial charge in [-0.05, 0) is 37.4 Å². The summed E-state index contributed by atoms with van der Waals surface area (Å²) in [5, 5.41) is 2.08. The van der Waals surface area contributed by atoms with Crippen molar-refractivity contribution >= 4 is 32.9 Å². The van der Waals surface area contributed by atoms with Crippen molar-refractivity contribution in [2.75, 3.05) is 6.54 Å². The van der Waals surface area contributed by atoms with E-state index in [2.05, 4.69) is 42.9 Å². The normalized spacial score (nSPS) is 16.7. The molecular weight excluding hydrogens is 330 g/mol. The lowest BCUT2D eigenvalue weighted by Gasteiger charge is -2.15. The maximum Gasteiger partial charge on any atom is 0.294 e. The molecule has 0 radical (unpaired) electrons. The third kappa shape index (κ3) is 2.86. The van der Waals surface area contributed by atoms with Crippen LogP contribution in [0.5, 0.6) is 0 Å². The predicted octanol–water partition coefficient (Wildman–Crippen LogP) is 3.63. The lowest BCUT2D eigenvalue weighted by atomic mass is 9.82. The van der Waals surface area contributed by atoms with Gasteiger partial charge < -0.3 is 0 Å². The van der Waals surface area contributed by atoms with Gasteiger partial charge in [-0.3, -0.25) is 4.55 Å². The van der Waals surface area contributed by atoms with Crippen molar-refractivity contribution < 1.29 is 17.5 Å². The molecule has 2 heterocycles. The summed E-state index contributed by atoms with van der Waals surface area (Å²) in [5.74, 6) is 0.